The van der Waals surface area contributed by atoms with Gasteiger partial charge in [0.2, 0.25) is 0 Å². The van der Waals surface area contributed by atoms with Crippen molar-refractivity contribution in [1.82, 2.24) is 18.9 Å². The summed E-state index contributed by atoms with van der Waals surface area (Å²) in [5, 5.41) is 8.11. The number of benzene rings is 1. The second kappa shape index (κ2) is 12.7. The molecule has 2 aromatic heterocycles. The van der Waals surface area contributed by atoms with Gasteiger partial charge in [-0.3, -0.25) is 13.9 Å². The van der Waals surface area contributed by atoms with E-state index in [4.69, 9.17) is 20.8 Å². The SMILES string of the molecule is CC(C)(C)[Si](C)(C)OCCn1c(=O)n([C@H]2CC[C@H](n3ncc(NC[C@@H]4CCCOC4)c(Cl)c3=O)CC2)c2ccccc21. The van der Waals surface area contributed by atoms with E-state index >= 15 is 0 Å². The Morgan fingerprint density at radius 1 is 1.07 bits per heavy atom. The fourth-order valence-electron chi connectivity index (χ4n) is 6.02. The minimum absolute atomic E-state index is 0.00982. The van der Waals surface area contributed by atoms with E-state index in [1.54, 1.807) is 6.20 Å². The normalized spacial score (nSPS) is 22.0. The topological polar surface area (TPSA) is 92.3 Å². The van der Waals surface area contributed by atoms with Crippen molar-refractivity contribution in [2.75, 3.05) is 31.7 Å². The smallest absolute Gasteiger partial charge is 0.329 e. The molecule has 5 rings (SSSR count). The van der Waals surface area contributed by atoms with Gasteiger partial charge in [-0.1, -0.05) is 44.5 Å². The minimum Gasteiger partial charge on any atom is -0.415 e. The first kappa shape index (κ1) is 31.0. The Bertz CT molecular complexity index is 1490. The van der Waals surface area contributed by atoms with Crippen molar-refractivity contribution in [1.29, 1.82) is 0 Å². The quantitative estimate of drug-likeness (QED) is 0.287. The highest BCUT2D eigenvalue weighted by Gasteiger charge is 2.37. The number of imidazole rings is 1. The molecule has 0 unspecified atom stereocenters. The van der Waals surface area contributed by atoms with Crippen molar-refractivity contribution >= 4 is 36.6 Å². The predicted octanol–water partition coefficient (Wildman–Crippen LogP) is 6.23. The van der Waals surface area contributed by atoms with Crippen LogP contribution < -0.4 is 16.6 Å². The number of aromatic nitrogens is 4. The van der Waals surface area contributed by atoms with E-state index in [0.29, 0.717) is 31.3 Å². The van der Waals surface area contributed by atoms with E-state index in [-0.39, 0.29) is 33.4 Å². The molecule has 1 N–H and O–H groups in total. The first-order valence-corrected chi connectivity index (χ1v) is 18.7. The van der Waals surface area contributed by atoms with Crippen LogP contribution in [0.4, 0.5) is 5.69 Å². The van der Waals surface area contributed by atoms with Crippen LogP contribution in [0.5, 0.6) is 0 Å². The van der Waals surface area contributed by atoms with Crippen molar-refractivity contribution in [3.05, 3.63) is 56.3 Å². The second-order valence-electron chi connectivity index (χ2n) is 13.5. The van der Waals surface area contributed by atoms with Crippen LogP contribution in [0, 0.1) is 5.92 Å². The molecule has 2 fully saturated rings. The first-order chi connectivity index (χ1) is 20.0. The van der Waals surface area contributed by atoms with Gasteiger partial charge in [-0.2, -0.15) is 5.10 Å². The molecule has 1 saturated carbocycles. The van der Waals surface area contributed by atoms with E-state index in [0.717, 1.165) is 62.8 Å². The molecule has 230 valence electrons. The molecule has 1 aliphatic heterocycles. The zero-order valence-corrected chi connectivity index (χ0v) is 27.5. The summed E-state index contributed by atoms with van der Waals surface area (Å²) in [7, 11) is -1.91. The van der Waals surface area contributed by atoms with Crippen molar-refractivity contribution in [3.8, 4) is 0 Å². The monoisotopic (exact) mass is 615 g/mol. The van der Waals surface area contributed by atoms with Gasteiger partial charge in [0.05, 0.1) is 42.2 Å². The summed E-state index contributed by atoms with van der Waals surface area (Å²) in [6, 6.07) is 8.04. The van der Waals surface area contributed by atoms with Crippen LogP contribution in [0.3, 0.4) is 0 Å². The van der Waals surface area contributed by atoms with E-state index in [1.165, 1.54) is 4.68 Å². The molecule has 0 spiro atoms. The van der Waals surface area contributed by atoms with Gasteiger partial charge in [-0.25, -0.2) is 9.48 Å². The second-order valence-corrected chi connectivity index (χ2v) is 18.6. The third kappa shape index (κ3) is 6.42. The Hall–Kier alpha value is -2.40. The lowest BCUT2D eigenvalue weighted by Gasteiger charge is -2.36. The Morgan fingerprint density at radius 3 is 2.43 bits per heavy atom. The number of hydrogen-bond acceptors (Lipinski definition) is 6. The number of hydrogen-bond donors (Lipinski definition) is 1. The molecule has 2 aliphatic rings. The number of nitrogens with zero attached hydrogens (tertiary/aromatic N) is 4. The first-order valence-electron chi connectivity index (χ1n) is 15.4. The zero-order chi connectivity index (χ0) is 30.1. The lowest BCUT2D eigenvalue weighted by molar-refractivity contribution is 0.0595. The average molecular weight is 616 g/mol. The van der Waals surface area contributed by atoms with E-state index in [9.17, 15) is 9.59 Å². The Morgan fingerprint density at radius 2 is 1.76 bits per heavy atom. The molecule has 3 aromatic rings. The summed E-state index contributed by atoms with van der Waals surface area (Å²) in [6.45, 7) is 14.5. The van der Waals surface area contributed by atoms with E-state index in [1.807, 2.05) is 33.4 Å². The molecule has 0 radical (unpaired) electrons. The highest BCUT2D eigenvalue weighted by Crippen LogP contribution is 2.37. The van der Waals surface area contributed by atoms with Gasteiger partial charge in [-0.05, 0) is 74.7 Å². The van der Waals surface area contributed by atoms with Gasteiger partial charge in [0.25, 0.3) is 5.56 Å². The molecule has 1 atom stereocenters. The number of anilines is 1. The number of nitrogens with one attached hydrogen (secondary N) is 1. The minimum atomic E-state index is -1.91. The molecule has 0 bridgehead atoms. The largest absolute Gasteiger partial charge is 0.415 e. The molecule has 0 amide bonds. The Balaban J connectivity index is 1.27. The van der Waals surface area contributed by atoms with Crippen LogP contribution in [0.15, 0.2) is 40.1 Å². The molecule has 1 saturated heterocycles. The third-order valence-corrected chi connectivity index (χ3v) is 14.5. The van der Waals surface area contributed by atoms with E-state index in [2.05, 4.69) is 44.3 Å². The molecule has 1 aromatic carbocycles. The van der Waals surface area contributed by atoms with Gasteiger partial charge >= 0.3 is 5.69 Å². The maximum absolute atomic E-state index is 13.8. The molecule has 42 heavy (non-hydrogen) atoms. The van der Waals surface area contributed by atoms with Crippen LogP contribution in [0.1, 0.15) is 71.4 Å². The van der Waals surface area contributed by atoms with Gasteiger partial charge in [-0.15, -0.1) is 0 Å². The lowest BCUT2D eigenvalue weighted by Crippen LogP contribution is -2.42. The summed E-state index contributed by atoms with van der Waals surface area (Å²) >= 11 is 6.52. The van der Waals surface area contributed by atoms with Crippen molar-refractivity contribution < 1.29 is 9.16 Å². The summed E-state index contributed by atoms with van der Waals surface area (Å²) in [6.07, 6.45) is 6.90. The highest BCUT2D eigenvalue weighted by atomic mass is 35.5. The maximum atomic E-state index is 13.8. The molecular weight excluding hydrogens is 570 g/mol. The summed E-state index contributed by atoms with van der Waals surface area (Å²) < 4.78 is 17.3. The number of para-hydroxylation sites is 2. The van der Waals surface area contributed by atoms with Crippen LogP contribution >= 0.6 is 11.6 Å². The fraction of sp³-hybridized carbons (Fsp3) is 0.645. The average Bonchev–Trinajstić information content (AvgIpc) is 3.25. The van der Waals surface area contributed by atoms with E-state index < -0.39 is 8.32 Å². The predicted molar refractivity (Wildman–Crippen MR) is 171 cm³/mol. The van der Waals surface area contributed by atoms with Gasteiger partial charge in [0.15, 0.2) is 8.32 Å². The molecule has 11 heteroatoms. The summed E-state index contributed by atoms with van der Waals surface area (Å²) in [5.41, 5.74) is 2.22. The number of fused-ring (bicyclic) bond motifs is 1. The van der Waals surface area contributed by atoms with Crippen LogP contribution in [0.2, 0.25) is 23.2 Å². The van der Waals surface area contributed by atoms with Crippen molar-refractivity contribution in [3.63, 3.8) is 0 Å². The molecule has 1 aliphatic carbocycles. The molecule has 3 heterocycles. The standard InChI is InChI=1S/C31H46ClN5O4Si/c1-31(2,3)42(4,5)41-18-16-35-26-10-6-7-11-27(26)36(30(35)39)23-12-14-24(15-13-23)37-29(38)28(32)25(20-34-37)33-19-22-9-8-17-40-21-22/h6-7,10-11,20,22-24,33H,8-9,12-19,21H2,1-5H3/t22-,23-,24-/m0/s1. The number of rotatable bonds is 9. The third-order valence-electron chi connectivity index (χ3n) is 9.61. The van der Waals surface area contributed by atoms with Crippen LogP contribution in [-0.2, 0) is 15.7 Å². The van der Waals surface area contributed by atoms with Crippen LogP contribution in [0.25, 0.3) is 11.0 Å². The summed E-state index contributed by atoms with van der Waals surface area (Å²) in [5.74, 6) is 0.409. The Kier molecular flexibility index (Phi) is 9.37. The zero-order valence-electron chi connectivity index (χ0n) is 25.7. The van der Waals surface area contributed by atoms with Crippen molar-refractivity contribution in [2.45, 2.75) is 96.1 Å². The van der Waals surface area contributed by atoms with Crippen LogP contribution in [-0.4, -0.2) is 53.6 Å². The van der Waals surface area contributed by atoms with Gasteiger partial charge in [0.1, 0.15) is 5.02 Å². The highest BCUT2D eigenvalue weighted by molar-refractivity contribution is 6.74. The summed E-state index contributed by atoms with van der Waals surface area (Å²) in [4.78, 5) is 27.0. The van der Waals surface area contributed by atoms with Gasteiger partial charge in [0, 0.05) is 25.7 Å². The van der Waals surface area contributed by atoms with Crippen molar-refractivity contribution in [2.24, 2.45) is 5.92 Å². The molecular formula is C31H46ClN5O4Si. The number of ether oxygens (including phenoxy) is 1. The van der Waals surface area contributed by atoms with Gasteiger partial charge < -0.3 is 14.5 Å². The maximum Gasteiger partial charge on any atom is 0.329 e. The fourth-order valence-corrected chi connectivity index (χ4v) is 7.26. The molecule has 9 nitrogen and oxygen atoms in total. The Labute approximate surface area is 254 Å². The number of halogens is 1. The lowest BCUT2D eigenvalue weighted by atomic mass is 9.91.